The summed E-state index contributed by atoms with van der Waals surface area (Å²) in [5, 5.41) is 21.1. The third kappa shape index (κ3) is 3.82. The van der Waals surface area contributed by atoms with Gasteiger partial charge in [0.1, 0.15) is 11.9 Å². The molecule has 4 N–H and O–H groups in total. The van der Waals surface area contributed by atoms with Gasteiger partial charge in [0, 0.05) is 19.5 Å². The number of hydrogen-bond acceptors (Lipinski definition) is 9. The van der Waals surface area contributed by atoms with E-state index in [0.717, 1.165) is 0 Å². The molecule has 3 heterocycles. The first kappa shape index (κ1) is 20.2. The summed E-state index contributed by atoms with van der Waals surface area (Å²) in [6.45, 7) is 0. The van der Waals surface area contributed by atoms with E-state index in [2.05, 4.69) is 31.3 Å². The molecule has 2 saturated heterocycles. The molecule has 4 unspecified atom stereocenters. The van der Waals surface area contributed by atoms with Crippen LogP contribution in [0.1, 0.15) is 12.1 Å². The molecule has 0 bridgehead atoms. The van der Waals surface area contributed by atoms with E-state index in [1.54, 1.807) is 26.4 Å². The number of anilines is 2. The predicted octanol–water partition coefficient (Wildman–Crippen LogP) is 1.14. The van der Waals surface area contributed by atoms with Crippen molar-refractivity contribution in [2.75, 3.05) is 24.8 Å². The van der Waals surface area contributed by atoms with Crippen molar-refractivity contribution in [1.29, 1.82) is 5.26 Å². The summed E-state index contributed by atoms with van der Waals surface area (Å²) in [4.78, 5) is 21.0. The van der Waals surface area contributed by atoms with Crippen molar-refractivity contribution in [3.8, 4) is 11.8 Å². The molecule has 4 atom stereocenters. The number of nitrogens with zero attached hydrogens (tertiary/aromatic N) is 4. The van der Waals surface area contributed by atoms with Crippen LogP contribution in [0.4, 0.5) is 11.5 Å². The fourth-order valence-corrected chi connectivity index (χ4v) is 4.15. The topological polar surface area (TPSA) is 127 Å². The fourth-order valence-electron chi connectivity index (χ4n) is 3.90. The molecule has 30 heavy (non-hydrogen) atoms. The summed E-state index contributed by atoms with van der Waals surface area (Å²) in [5.74, 6) is 0.642. The van der Waals surface area contributed by atoms with Crippen LogP contribution in [-0.4, -0.2) is 53.4 Å². The molecule has 2 aromatic rings. The highest BCUT2D eigenvalue weighted by atomic mass is 35.5. The SMILES string of the molecule is COc1c(Cl)cccc1NC1CC(Nc2cncc(C#N)n2)NC2NN(C)C(=O)C12. The lowest BCUT2D eigenvalue weighted by molar-refractivity contribution is -0.131. The molecule has 156 valence electrons. The van der Waals surface area contributed by atoms with Crippen LogP contribution < -0.4 is 26.1 Å². The van der Waals surface area contributed by atoms with Gasteiger partial charge in [0.15, 0.2) is 11.4 Å². The maximum atomic E-state index is 12.8. The fraction of sp³-hybridized carbons (Fsp3) is 0.368. The Morgan fingerprint density at radius 1 is 1.37 bits per heavy atom. The minimum atomic E-state index is -0.340. The van der Waals surface area contributed by atoms with Gasteiger partial charge in [-0.15, -0.1) is 0 Å². The number of carbonyl (C=O) groups is 1. The molecule has 2 aliphatic heterocycles. The number of amides is 1. The number of carbonyl (C=O) groups excluding carboxylic acids is 1. The average Bonchev–Trinajstić information content (AvgIpc) is 3.02. The maximum Gasteiger partial charge on any atom is 0.244 e. The summed E-state index contributed by atoms with van der Waals surface area (Å²) in [5.41, 5.74) is 4.08. The number of nitriles is 1. The Bertz CT molecular complexity index is 997. The Morgan fingerprint density at radius 3 is 2.97 bits per heavy atom. The highest BCUT2D eigenvalue weighted by molar-refractivity contribution is 6.32. The Labute approximate surface area is 178 Å². The number of piperidine rings is 1. The summed E-state index contributed by atoms with van der Waals surface area (Å²) < 4.78 is 5.44. The van der Waals surface area contributed by atoms with E-state index in [-0.39, 0.29) is 35.9 Å². The van der Waals surface area contributed by atoms with Crippen LogP contribution in [0.2, 0.25) is 5.02 Å². The molecule has 0 saturated carbocycles. The lowest BCUT2D eigenvalue weighted by atomic mass is 9.88. The molecule has 0 spiro atoms. The maximum absolute atomic E-state index is 12.8. The van der Waals surface area contributed by atoms with E-state index < -0.39 is 0 Å². The molecule has 0 radical (unpaired) electrons. The highest BCUT2D eigenvalue weighted by Gasteiger charge is 2.48. The van der Waals surface area contributed by atoms with E-state index in [1.165, 1.54) is 11.2 Å². The van der Waals surface area contributed by atoms with Gasteiger partial charge in [-0.25, -0.2) is 10.4 Å². The van der Waals surface area contributed by atoms with Gasteiger partial charge in [-0.3, -0.25) is 20.1 Å². The first-order valence-corrected chi connectivity index (χ1v) is 9.75. The van der Waals surface area contributed by atoms with E-state index in [4.69, 9.17) is 21.6 Å². The van der Waals surface area contributed by atoms with E-state index >= 15 is 0 Å². The molecule has 1 aromatic heterocycles. The number of hydrogen-bond donors (Lipinski definition) is 4. The molecule has 4 rings (SSSR count). The number of para-hydroxylation sites is 1. The van der Waals surface area contributed by atoms with Crippen molar-refractivity contribution >= 4 is 29.0 Å². The molecule has 1 aromatic carbocycles. The lowest BCUT2D eigenvalue weighted by Gasteiger charge is -2.38. The monoisotopic (exact) mass is 428 g/mol. The third-order valence-electron chi connectivity index (χ3n) is 5.19. The van der Waals surface area contributed by atoms with Crippen LogP contribution in [0.15, 0.2) is 30.6 Å². The van der Waals surface area contributed by atoms with Crippen LogP contribution in [0.5, 0.6) is 5.75 Å². The number of benzene rings is 1. The first-order chi connectivity index (χ1) is 14.5. The molecular formula is C19H21ClN8O2. The van der Waals surface area contributed by atoms with Gasteiger partial charge >= 0.3 is 0 Å². The van der Waals surface area contributed by atoms with E-state index in [9.17, 15) is 4.79 Å². The van der Waals surface area contributed by atoms with Crippen molar-refractivity contribution in [2.24, 2.45) is 5.92 Å². The quantitative estimate of drug-likeness (QED) is 0.554. The summed E-state index contributed by atoms with van der Waals surface area (Å²) in [6, 6.07) is 7.19. The molecule has 10 nitrogen and oxygen atoms in total. The lowest BCUT2D eigenvalue weighted by Crippen LogP contribution is -2.60. The van der Waals surface area contributed by atoms with Crippen LogP contribution >= 0.6 is 11.6 Å². The van der Waals surface area contributed by atoms with Gasteiger partial charge in [0.2, 0.25) is 5.91 Å². The number of nitrogens with one attached hydrogen (secondary N) is 4. The molecule has 2 fully saturated rings. The number of aromatic nitrogens is 2. The molecular weight excluding hydrogens is 408 g/mol. The van der Waals surface area contributed by atoms with E-state index in [0.29, 0.717) is 28.7 Å². The molecule has 0 aliphatic carbocycles. The Morgan fingerprint density at radius 2 is 2.20 bits per heavy atom. The minimum Gasteiger partial charge on any atom is -0.493 e. The van der Waals surface area contributed by atoms with Gasteiger partial charge in [0.25, 0.3) is 0 Å². The summed E-state index contributed by atoms with van der Waals surface area (Å²) in [7, 11) is 3.25. The number of hydrazine groups is 1. The van der Waals surface area contributed by atoms with Crippen LogP contribution in [-0.2, 0) is 4.79 Å². The number of methoxy groups -OCH3 is 1. The van der Waals surface area contributed by atoms with Gasteiger partial charge in [-0.2, -0.15) is 5.26 Å². The van der Waals surface area contributed by atoms with Crippen molar-refractivity contribution in [3.05, 3.63) is 41.3 Å². The van der Waals surface area contributed by atoms with Crippen LogP contribution in [0.25, 0.3) is 0 Å². The standard InChI is InChI=1S/C19H21ClN8O2/c1-28-19(29)16-13(24-12-5-3-4-11(20)17(12)30-2)6-14(26-18(16)27-28)25-15-9-22-8-10(7-21)23-15/h3-5,8-9,13-14,16,18,24,26-27H,6H2,1-2H3,(H,23,25). The Balaban J connectivity index is 1.59. The van der Waals surface area contributed by atoms with Crippen LogP contribution in [0.3, 0.4) is 0 Å². The number of rotatable bonds is 5. The van der Waals surface area contributed by atoms with Crippen molar-refractivity contribution in [1.82, 2.24) is 25.7 Å². The van der Waals surface area contributed by atoms with Crippen molar-refractivity contribution in [3.63, 3.8) is 0 Å². The van der Waals surface area contributed by atoms with Gasteiger partial charge < -0.3 is 15.4 Å². The highest BCUT2D eigenvalue weighted by Crippen LogP contribution is 2.36. The van der Waals surface area contributed by atoms with Crippen LogP contribution in [0, 0.1) is 17.2 Å². The number of halogens is 1. The summed E-state index contributed by atoms with van der Waals surface area (Å²) >= 11 is 6.26. The largest absolute Gasteiger partial charge is 0.493 e. The minimum absolute atomic E-state index is 0.0179. The zero-order valence-electron chi connectivity index (χ0n) is 16.4. The first-order valence-electron chi connectivity index (χ1n) is 9.37. The van der Waals surface area contributed by atoms with Crippen molar-refractivity contribution in [2.45, 2.75) is 24.8 Å². The number of ether oxygens (including phenoxy) is 1. The average molecular weight is 429 g/mol. The zero-order chi connectivity index (χ0) is 21.3. The Hall–Kier alpha value is -3.13. The third-order valence-corrected chi connectivity index (χ3v) is 5.49. The second-order valence-corrected chi connectivity index (χ2v) is 7.51. The second kappa shape index (κ2) is 8.31. The second-order valence-electron chi connectivity index (χ2n) is 7.10. The number of fused-ring (bicyclic) bond motifs is 1. The van der Waals surface area contributed by atoms with Gasteiger partial charge in [-0.1, -0.05) is 17.7 Å². The normalized spacial score (nSPS) is 25.4. The van der Waals surface area contributed by atoms with Gasteiger partial charge in [0.05, 0.1) is 48.5 Å². The summed E-state index contributed by atoms with van der Waals surface area (Å²) in [6.07, 6.45) is 2.98. The molecule has 11 heteroatoms. The molecule has 2 aliphatic rings. The Kier molecular flexibility index (Phi) is 5.59. The predicted molar refractivity (Wildman–Crippen MR) is 111 cm³/mol. The zero-order valence-corrected chi connectivity index (χ0v) is 17.1. The smallest absolute Gasteiger partial charge is 0.244 e. The van der Waals surface area contributed by atoms with E-state index in [1.807, 2.05) is 18.2 Å². The molecule has 1 amide bonds. The van der Waals surface area contributed by atoms with Crippen molar-refractivity contribution < 1.29 is 9.53 Å². The van der Waals surface area contributed by atoms with Gasteiger partial charge in [-0.05, 0) is 12.1 Å².